The fourth-order valence-corrected chi connectivity index (χ4v) is 3.75. The number of carbonyl (C=O) groups excluding carboxylic acids is 2. The number of carbonyl (C=O) groups is 2. The molecule has 1 N–H and O–H groups in total. The molecule has 1 aliphatic heterocycles. The van der Waals surface area contributed by atoms with Gasteiger partial charge in [0, 0.05) is 24.3 Å². The predicted molar refractivity (Wildman–Crippen MR) is 111 cm³/mol. The Morgan fingerprint density at radius 1 is 1.27 bits per heavy atom. The number of nitrogens with zero attached hydrogens (tertiary/aromatic N) is 3. The van der Waals surface area contributed by atoms with Gasteiger partial charge in [-0.15, -0.1) is 10.2 Å². The molecule has 2 aromatic carbocycles. The Labute approximate surface area is 176 Å². The van der Waals surface area contributed by atoms with Crippen molar-refractivity contribution in [3.05, 3.63) is 65.8 Å². The van der Waals surface area contributed by atoms with Crippen LogP contribution in [0.5, 0.6) is 0 Å². The van der Waals surface area contributed by atoms with E-state index < -0.39 is 5.82 Å². The number of anilines is 2. The molecular weight excluding hydrogens is 407 g/mol. The van der Waals surface area contributed by atoms with Crippen LogP contribution in [0.3, 0.4) is 0 Å². The van der Waals surface area contributed by atoms with E-state index in [0.717, 1.165) is 23.0 Å². The van der Waals surface area contributed by atoms with Crippen LogP contribution in [-0.2, 0) is 9.59 Å². The van der Waals surface area contributed by atoms with Gasteiger partial charge in [-0.25, -0.2) is 4.39 Å². The molecule has 1 atom stereocenters. The summed E-state index contributed by atoms with van der Waals surface area (Å²) >= 11 is 1.09. The maximum atomic E-state index is 13.2. The molecule has 1 fully saturated rings. The van der Waals surface area contributed by atoms with E-state index in [4.69, 9.17) is 4.42 Å². The highest BCUT2D eigenvalue weighted by atomic mass is 32.2. The van der Waals surface area contributed by atoms with Crippen LogP contribution in [0.4, 0.5) is 15.8 Å². The van der Waals surface area contributed by atoms with E-state index in [1.807, 2.05) is 31.2 Å². The second kappa shape index (κ2) is 8.66. The molecule has 0 radical (unpaired) electrons. The van der Waals surface area contributed by atoms with Gasteiger partial charge in [-0.05, 0) is 37.3 Å². The second-order valence-electron chi connectivity index (χ2n) is 6.99. The Kier molecular flexibility index (Phi) is 5.80. The first-order chi connectivity index (χ1) is 14.5. The fraction of sp³-hybridized carbons (Fsp3) is 0.238. The minimum Gasteiger partial charge on any atom is -0.416 e. The third-order valence-corrected chi connectivity index (χ3v) is 5.50. The van der Waals surface area contributed by atoms with E-state index in [9.17, 15) is 14.0 Å². The molecule has 3 aromatic rings. The van der Waals surface area contributed by atoms with Crippen molar-refractivity contribution in [2.75, 3.05) is 22.5 Å². The molecule has 7 nitrogen and oxygen atoms in total. The molecule has 30 heavy (non-hydrogen) atoms. The lowest BCUT2D eigenvalue weighted by molar-refractivity contribution is -0.117. The average Bonchev–Trinajstić information content (AvgIpc) is 3.34. The van der Waals surface area contributed by atoms with Crippen molar-refractivity contribution < 1.29 is 18.4 Å². The molecule has 2 heterocycles. The van der Waals surface area contributed by atoms with Crippen LogP contribution in [-0.4, -0.2) is 34.3 Å². The Morgan fingerprint density at radius 2 is 2.07 bits per heavy atom. The average molecular weight is 426 g/mol. The molecular formula is C21H19FN4O3S. The summed E-state index contributed by atoms with van der Waals surface area (Å²) in [5.41, 5.74) is 2.35. The zero-order valence-corrected chi connectivity index (χ0v) is 17.0. The van der Waals surface area contributed by atoms with Gasteiger partial charge in [-0.3, -0.25) is 9.59 Å². The third kappa shape index (κ3) is 4.68. The first kappa shape index (κ1) is 20.1. The molecule has 1 aliphatic rings. The van der Waals surface area contributed by atoms with E-state index in [1.54, 1.807) is 11.0 Å². The van der Waals surface area contributed by atoms with Crippen molar-refractivity contribution in [3.8, 4) is 0 Å². The topological polar surface area (TPSA) is 88.3 Å². The van der Waals surface area contributed by atoms with Crippen molar-refractivity contribution >= 4 is 35.0 Å². The monoisotopic (exact) mass is 426 g/mol. The van der Waals surface area contributed by atoms with Crippen molar-refractivity contribution in [1.82, 2.24) is 10.2 Å². The highest BCUT2D eigenvalue weighted by Gasteiger charge is 2.35. The molecule has 154 valence electrons. The molecule has 0 aliphatic carbocycles. The number of benzene rings is 2. The number of hydrogen-bond donors (Lipinski definition) is 1. The molecule has 4 rings (SSSR count). The molecule has 2 amide bonds. The minimum atomic E-state index is -0.423. The van der Waals surface area contributed by atoms with Gasteiger partial charge in [0.25, 0.3) is 5.22 Å². The van der Waals surface area contributed by atoms with E-state index >= 15 is 0 Å². The van der Waals surface area contributed by atoms with Gasteiger partial charge in [0.1, 0.15) is 5.82 Å². The number of aromatic nitrogens is 2. The maximum absolute atomic E-state index is 13.2. The third-order valence-electron chi connectivity index (χ3n) is 4.68. The zero-order chi connectivity index (χ0) is 21.1. The van der Waals surface area contributed by atoms with Crippen LogP contribution in [0, 0.1) is 12.7 Å². The Morgan fingerprint density at radius 3 is 2.83 bits per heavy atom. The first-order valence-corrected chi connectivity index (χ1v) is 10.3. The zero-order valence-electron chi connectivity index (χ0n) is 16.2. The van der Waals surface area contributed by atoms with Crippen molar-refractivity contribution in [3.63, 3.8) is 0 Å². The van der Waals surface area contributed by atoms with Crippen molar-refractivity contribution in [2.24, 2.45) is 0 Å². The summed E-state index contributed by atoms with van der Waals surface area (Å²) in [5.74, 6) is -0.504. The Balaban J connectivity index is 1.33. The lowest BCUT2D eigenvalue weighted by Crippen LogP contribution is -2.24. The van der Waals surface area contributed by atoms with Crippen LogP contribution in [0.15, 0.2) is 58.2 Å². The number of aryl methyl sites for hydroxylation is 1. The Hall–Kier alpha value is -3.20. The molecule has 9 heteroatoms. The number of nitrogens with one attached hydrogen (secondary N) is 1. The van der Waals surface area contributed by atoms with Crippen LogP contribution in [0.2, 0.25) is 0 Å². The van der Waals surface area contributed by atoms with Gasteiger partial charge in [-0.1, -0.05) is 35.5 Å². The lowest BCUT2D eigenvalue weighted by atomic mass is 10.1. The molecule has 0 bridgehead atoms. The first-order valence-electron chi connectivity index (χ1n) is 9.36. The molecule has 1 aromatic heterocycles. The van der Waals surface area contributed by atoms with Gasteiger partial charge < -0.3 is 14.6 Å². The number of rotatable bonds is 6. The van der Waals surface area contributed by atoms with Gasteiger partial charge in [0.15, 0.2) is 0 Å². The standard InChI is InChI=1S/C21H19FN4O3S/c1-13-5-7-17(8-6-13)26-11-14(9-19(26)28)20-24-25-21(29-20)30-12-18(27)23-16-4-2-3-15(22)10-16/h2-8,10,14H,9,11-12H2,1H3,(H,23,27). The van der Waals surface area contributed by atoms with E-state index in [0.29, 0.717) is 24.5 Å². The number of hydrogen-bond acceptors (Lipinski definition) is 6. The minimum absolute atomic E-state index is 0.00530. The van der Waals surface area contributed by atoms with Crippen LogP contribution in [0.25, 0.3) is 0 Å². The maximum Gasteiger partial charge on any atom is 0.277 e. The lowest BCUT2D eigenvalue weighted by Gasteiger charge is -2.16. The van der Waals surface area contributed by atoms with Crippen LogP contribution < -0.4 is 10.2 Å². The SMILES string of the molecule is Cc1ccc(N2CC(c3nnc(SCC(=O)Nc4cccc(F)c4)o3)CC2=O)cc1. The smallest absolute Gasteiger partial charge is 0.277 e. The highest BCUT2D eigenvalue weighted by Crippen LogP contribution is 2.32. The normalized spacial score (nSPS) is 16.1. The van der Waals surface area contributed by atoms with Gasteiger partial charge in [-0.2, -0.15) is 0 Å². The number of amides is 2. The Bertz CT molecular complexity index is 1070. The second-order valence-corrected chi connectivity index (χ2v) is 7.92. The van der Waals surface area contributed by atoms with Crippen LogP contribution in [0.1, 0.15) is 23.8 Å². The van der Waals surface area contributed by atoms with Gasteiger partial charge >= 0.3 is 0 Å². The molecule has 0 spiro atoms. The summed E-state index contributed by atoms with van der Waals surface area (Å²) in [5, 5.41) is 10.9. The van der Waals surface area contributed by atoms with Crippen LogP contribution >= 0.6 is 11.8 Å². The van der Waals surface area contributed by atoms with Crippen molar-refractivity contribution in [1.29, 1.82) is 0 Å². The highest BCUT2D eigenvalue weighted by molar-refractivity contribution is 7.99. The summed E-state index contributed by atoms with van der Waals surface area (Å²) < 4.78 is 18.8. The summed E-state index contributed by atoms with van der Waals surface area (Å²) in [6.45, 7) is 2.46. The number of halogens is 1. The predicted octanol–water partition coefficient (Wildman–Crippen LogP) is 3.77. The van der Waals surface area contributed by atoms with Crippen molar-refractivity contribution in [2.45, 2.75) is 24.5 Å². The summed E-state index contributed by atoms with van der Waals surface area (Å²) in [6, 6.07) is 13.4. The van der Waals surface area contributed by atoms with E-state index in [1.165, 1.54) is 18.2 Å². The quantitative estimate of drug-likeness (QED) is 0.604. The fourth-order valence-electron chi connectivity index (χ4n) is 3.18. The molecule has 0 saturated carbocycles. The van der Waals surface area contributed by atoms with E-state index in [2.05, 4.69) is 15.5 Å². The summed E-state index contributed by atoms with van der Waals surface area (Å²) in [4.78, 5) is 26.2. The van der Waals surface area contributed by atoms with E-state index in [-0.39, 0.29) is 28.7 Å². The molecule has 1 unspecified atom stereocenters. The molecule has 1 saturated heterocycles. The summed E-state index contributed by atoms with van der Waals surface area (Å²) in [6.07, 6.45) is 0.292. The van der Waals surface area contributed by atoms with Gasteiger partial charge in [0.2, 0.25) is 17.7 Å². The number of thioether (sulfide) groups is 1. The van der Waals surface area contributed by atoms with Gasteiger partial charge in [0.05, 0.1) is 11.7 Å². The largest absolute Gasteiger partial charge is 0.416 e. The summed E-state index contributed by atoms with van der Waals surface area (Å²) in [7, 11) is 0.